The van der Waals surface area contributed by atoms with E-state index < -0.39 is 22.5 Å². The van der Waals surface area contributed by atoms with Gasteiger partial charge >= 0.3 is 0 Å². The minimum atomic E-state index is -4.10. The van der Waals surface area contributed by atoms with E-state index in [1.165, 1.54) is 24.3 Å². The molecular weight excluding hydrogens is 502 g/mol. The van der Waals surface area contributed by atoms with Gasteiger partial charge in [0.05, 0.1) is 35.0 Å². The van der Waals surface area contributed by atoms with Crippen molar-refractivity contribution in [3.8, 4) is 0 Å². The quantitative estimate of drug-likeness (QED) is 0.502. The van der Waals surface area contributed by atoms with Gasteiger partial charge in [-0.05, 0) is 55.0 Å². The van der Waals surface area contributed by atoms with Gasteiger partial charge in [-0.15, -0.1) is 0 Å². The van der Waals surface area contributed by atoms with Gasteiger partial charge in [0.2, 0.25) is 5.91 Å². The summed E-state index contributed by atoms with van der Waals surface area (Å²) in [5.74, 6) is -0.809. The number of para-hydroxylation sites is 2. The van der Waals surface area contributed by atoms with Crippen LogP contribution in [-0.2, 0) is 19.6 Å². The molecular formula is C26H26ClN3O5S. The van der Waals surface area contributed by atoms with Crippen LogP contribution in [-0.4, -0.2) is 58.0 Å². The van der Waals surface area contributed by atoms with Crippen LogP contribution in [0.25, 0.3) is 0 Å². The van der Waals surface area contributed by atoms with E-state index in [1.54, 1.807) is 60.4 Å². The monoisotopic (exact) mass is 527 g/mol. The molecule has 1 aliphatic heterocycles. The smallest absolute Gasteiger partial charge is 0.264 e. The standard InChI is InChI=1S/C26H26ClN3O5S/c1-19-6-2-5-9-24(19)30(36(33,34)21-12-10-20(27)11-13-21)18-25(31)28-23-8-4-3-7-22(23)26(32)29-14-16-35-17-15-29/h2-13H,14-18H2,1H3,(H,28,31). The number of morpholine rings is 1. The van der Waals surface area contributed by atoms with Crippen molar-refractivity contribution in [2.75, 3.05) is 42.5 Å². The second-order valence-corrected chi connectivity index (χ2v) is 10.5. The van der Waals surface area contributed by atoms with Gasteiger partial charge < -0.3 is 15.0 Å². The molecule has 0 unspecified atom stereocenters. The molecule has 1 heterocycles. The lowest BCUT2D eigenvalue weighted by Crippen LogP contribution is -2.41. The lowest BCUT2D eigenvalue weighted by Gasteiger charge is -2.28. The highest BCUT2D eigenvalue weighted by Gasteiger charge is 2.29. The van der Waals surface area contributed by atoms with E-state index in [0.29, 0.717) is 53.8 Å². The minimum absolute atomic E-state index is 0.00542. The van der Waals surface area contributed by atoms with E-state index in [1.807, 2.05) is 0 Å². The SMILES string of the molecule is Cc1ccccc1N(CC(=O)Nc1ccccc1C(=O)N1CCOCC1)S(=O)(=O)c1ccc(Cl)cc1. The van der Waals surface area contributed by atoms with Crippen molar-refractivity contribution in [1.29, 1.82) is 0 Å². The predicted octanol–water partition coefficient (Wildman–Crippen LogP) is 3.95. The van der Waals surface area contributed by atoms with Gasteiger partial charge in [0.25, 0.3) is 15.9 Å². The first-order valence-electron chi connectivity index (χ1n) is 11.4. The zero-order chi connectivity index (χ0) is 25.7. The van der Waals surface area contributed by atoms with Crippen LogP contribution in [0.4, 0.5) is 11.4 Å². The summed E-state index contributed by atoms with van der Waals surface area (Å²) < 4.78 is 33.6. The molecule has 1 N–H and O–H groups in total. The summed E-state index contributed by atoms with van der Waals surface area (Å²) in [6.45, 7) is 3.11. The third-order valence-corrected chi connectivity index (χ3v) is 7.83. The van der Waals surface area contributed by atoms with E-state index in [0.717, 1.165) is 4.31 Å². The van der Waals surface area contributed by atoms with Gasteiger partial charge in [0.15, 0.2) is 0 Å². The summed E-state index contributed by atoms with van der Waals surface area (Å²) in [6, 6.07) is 19.4. The summed E-state index contributed by atoms with van der Waals surface area (Å²) in [4.78, 5) is 27.9. The molecule has 0 radical (unpaired) electrons. The maximum atomic E-state index is 13.6. The van der Waals surface area contributed by atoms with E-state index >= 15 is 0 Å². The summed E-state index contributed by atoms with van der Waals surface area (Å²) in [5, 5.41) is 3.14. The fourth-order valence-electron chi connectivity index (χ4n) is 3.91. The Morgan fingerprint density at radius 1 is 0.972 bits per heavy atom. The molecule has 3 aromatic rings. The highest BCUT2D eigenvalue weighted by molar-refractivity contribution is 7.92. The van der Waals surface area contributed by atoms with Crippen LogP contribution in [0.15, 0.2) is 77.7 Å². The average Bonchev–Trinajstić information content (AvgIpc) is 2.88. The number of carbonyl (C=O) groups excluding carboxylic acids is 2. The number of hydrogen-bond donors (Lipinski definition) is 1. The number of hydrogen-bond acceptors (Lipinski definition) is 5. The normalized spacial score (nSPS) is 13.8. The topological polar surface area (TPSA) is 96.0 Å². The number of amides is 2. The second-order valence-electron chi connectivity index (χ2n) is 8.25. The summed E-state index contributed by atoms with van der Waals surface area (Å²) >= 11 is 5.94. The van der Waals surface area contributed by atoms with E-state index in [2.05, 4.69) is 5.32 Å². The van der Waals surface area contributed by atoms with Gasteiger partial charge in [-0.2, -0.15) is 0 Å². The van der Waals surface area contributed by atoms with Crippen molar-refractivity contribution in [2.24, 2.45) is 0 Å². The number of anilines is 2. The first kappa shape index (κ1) is 25.7. The third kappa shape index (κ3) is 5.70. The first-order chi connectivity index (χ1) is 17.3. The van der Waals surface area contributed by atoms with Crippen molar-refractivity contribution in [1.82, 2.24) is 4.90 Å². The number of aryl methyl sites for hydroxylation is 1. The maximum Gasteiger partial charge on any atom is 0.264 e. The molecule has 0 bridgehead atoms. The number of carbonyl (C=O) groups is 2. The van der Waals surface area contributed by atoms with Gasteiger partial charge in [-0.3, -0.25) is 13.9 Å². The summed E-state index contributed by atoms with van der Waals surface area (Å²) in [7, 11) is -4.10. The number of rotatable bonds is 7. The highest BCUT2D eigenvalue weighted by Crippen LogP contribution is 2.28. The van der Waals surface area contributed by atoms with E-state index in [-0.39, 0.29) is 10.8 Å². The molecule has 36 heavy (non-hydrogen) atoms. The summed E-state index contributed by atoms with van der Waals surface area (Å²) in [6.07, 6.45) is 0. The van der Waals surface area contributed by atoms with Gasteiger partial charge in [0, 0.05) is 18.1 Å². The van der Waals surface area contributed by atoms with Crippen LogP contribution in [0.1, 0.15) is 15.9 Å². The minimum Gasteiger partial charge on any atom is -0.378 e. The Labute approximate surface area is 215 Å². The van der Waals surface area contributed by atoms with Crippen LogP contribution in [0.3, 0.4) is 0 Å². The zero-order valence-electron chi connectivity index (χ0n) is 19.7. The third-order valence-electron chi connectivity index (χ3n) is 5.80. The second kappa shape index (κ2) is 11.1. The molecule has 2 amide bonds. The number of nitrogens with zero attached hydrogens (tertiary/aromatic N) is 2. The average molecular weight is 528 g/mol. The molecule has 0 aliphatic carbocycles. The van der Waals surface area contributed by atoms with Gasteiger partial charge in [-0.1, -0.05) is 41.9 Å². The fraction of sp³-hybridized carbons (Fsp3) is 0.231. The lowest BCUT2D eigenvalue weighted by atomic mass is 10.1. The highest BCUT2D eigenvalue weighted by atomic mass is 35.5. The Morgan fingerprint density at radius 3 is 2.31 bits per heavy atom. The molecule has 1 saturated heterocycles. The van der Waals surface area contributed by atoms with Crippen molar-refractivity contribution in [2.45, 2.75) is 11.8 Å². The lowest BCUT2D eigenvalue weighted by molar-refractivity contribution is -0.114. The van der Waals surface area contributed by atoms with Crippen molar-refractivity contribution >= 4 is 44.8 Å². The number of benzene rings is 3. The zero-order valence-corrected chi connectivity index (χ0v) is 21.3. The summed E-state index contributed by atoms with van der Waals surface area (Å²) in [5.41, 5.74) is 1.70. The molecule has 0 aromatic heterocycles. The molecule has 10 heteroatoms. The van der Waals surface area contributed by atoms with E-state index in [4.69, 9.17) is 16.3 Å². The maximum absolute atomic E-state index is 13.6. The van der Waals surface area contributed by atoms with Crippen LogP contribution in [0, 0.1) is 6.92 Å². The predicted molar refractivity (Wildman–Crippen MR) is 139 cm³/mol. The molecule has 0 atom stereocenters. The number of sulfonamides is 1. The number of nitrogens with one attached hydrogen (secondary N) is 1. The first-order valence-corrected chi connectivity index (χ1v) is 13.2. The molecule has 1 aliphatic rings. The Balaban J connectivity index is 1.62. The Hall–Kier alpha value is -3.40. The molecule has 188 valence electrons. The fourth-order valence-corrected chi connectivity index (χ4v) is 5.52. The van der Waals surface area contributed by atoms with Gasteiger partial charge in [-0.25, -0.2) is 8.42 Å². The number of halogens is 1. The number of ether oxygens (including phenoxy) is 1. The van der Waals surface area contributed by atoms with E-state index in [9.17, 15) is 18.0 Å². The Kier molecular flexibility index (Phi) is 7.93. The van der Waals surface area contributed by atoms with Crippen molar-refractivity contribution in [3.05, 3.63) is 88.9 Å². The molecule has 1 fully saturated rings. The molecule has 8 nitrogen and oxygen atoms in total. The van der Waals surface area contributed by atoms with Crippen molar-refractivity contribution < 1.29 is 22.7 Å². The Morgan fingerprint density at radius 2 is 1.61 bits per heavy atom. The Bertz CT molecular complexity index is 1360. The van der Waals surface area contributed by atoms with Crippen molar-refractivity contribution in [3.63, 3.8) is 0 Å². The van der Waals surface area contributed by atoms with Crippen LogP contribution in [0.5, 0.6) is 0 Å². The van der Waals surface area contributed by atoms with Gasteiger partial charge in [0.1, 0.15) is 6.54 Å². The van der Waals surface area contributed by atoms with Crippen LogP contribution < -0.4 is 9.62 Å². The van der Waals surface area contributed by atoms with Crippen LogP contribution in [0.2, 0.25) is 5.02 Å². The molecule has 3 aromatic carbocycles. The molecule has 0 saturated carbocycles. The molecule has 0 spiro atoms. The molecule has 4 rings (SSSR count). The van der Waals surface area contributed by atoms with Crippen LogP contribution >= 0.6 is 11.6 Å². The largest absolute Gasteiger partial charge is 0.378 e.